The minimum Gasteiger partial charge on any atom is -0.456 e. The number of esters is 1. The fourth-order valence-corrected chi connectivity index (χ4v) is 2.08. The van der Waals surface area contributed by atoms with E-state index in [1.807, 2.05) is 0 Å². The molecule has 0 fully saturated rings. The number of ether oxygens (including phenoxy) is 3. The summed E-state index contributed by atoms with van der Waals surface area (Å²) in [6.07, 6.45) is 0. The summed E-state index contributed by atoms with van der Waals surface area (Å²) in [6, 6.07) is 3.31. The van der Waals surface area contributed by atoms with Crippen LogP contribution in [0.2, 0.25) is 0 Å². The van der Waals surface area contributed by atoms with Gasteiger partial charge in [0, 0.05) is 19.4 Å². The number of hydrogen-bond acceptors (Lipinski definition) is 6. The zero-order chi connectivity index (χ0) is 15.8. The molecule has 6 heteroatoms. The molecular formula is C15H21NO5. The highest BCUT2D eigenvalue weighted by Gasteiger charge is 2.36. The summed E-state index contributed by atoms with van der Waals surface area (Å²) in [6.45, 7) is 9.01. The minimum atomic E-state index is -0.793. The van der Waals surface area contributed by atoms with Crippen molar-refractivity contribution in [2.45, 2.75) is 52.6 Å². The number of fused-ring (bicyclic) bond motifs is 1. The van der Waals surface area contributed by atoms with E-state index in [0.717, 1.165) is 0 Å². The van der Waals surface area contributed by atoms with E-state index in [9.17, 15) is 4.79 Å². The smallest absolute Gasteiger partial charge is 0.339 e. The van der Waals surface area contributed by atoms with Gasteiger partial charge in [-0.15, -0.1) is 0 Å². The van der Waals surface area contributed by atoms with Crippen LogP contribution in [0, 0.1) is 0 Å². The van der Waals surface area contributed by atoms with E-state index in [0.29, 0.717) is 22.6 Å². The fraction of sp³-hybridized carbons (Fsp3) is 0.533. The van der Waals surface area contributed by atoms with E-state index in [2.05, 4.69) is 0 Å². The standard InChI is InChI=1S/C15H21NO5/c1-14(2,3)21-13(17)9-6-7-11-12(10(9)8-18-16)20-15(4,5)19-11/h6-7H,8,16H2,1-5H3. The van der Waals surface area contributed by atoms with E-state index in [-0.39, 0.29) is 6.61 Å². The van der Waals surface area contributed by atoms with Gasteiger partial charge in [-0.2, -0.15) is 0 Å². The van der Waals surface area contributed by atoms with E-state index in [1.54, 1.807) is 46.8 Å². The molecule has 1 heterocycles. The second-order valence-electron chi connectivity index (χ2n) is 6.34. The minimum absolute atomic E-state index is 0.0250. The third-order valence-electron chi connectivity index (χ3n) is 2.77. The number of benzene rings is 1. The average Bonchev–Trinajstić information content (AvgIpc) is 2.62. The lowest BCUT2D eigenvalue weighted by molar-refractivity contribution is -0.0442. The lowest BCUT2D eigenvalue weighted by atomic mass is 10.1. The van der Waals surface area contributed by atoms with Crippen LogP contribution < -0.4 is 15.4 Å². The Morgan fingerprint density at radius 1 is 1.29 bits per heavy atom. The van der Waals surface area contributed by atoms with Crippen LogP contribution in [0.3, 0.4) is 0 Å². The summed E-state index contributed by atoms with van der Waals surface area (Å²) in [5.41, 5.74) is 0.290. The molecule has 0 saturated carbocycles. The van der Waals surface area contributed by atoms with Gasteiger partial charge in [-0.1, -0.05) is 0 Å². The summed E-state index contributed by atoms with van der Waals surface area (Å²) in [5.74, 6) is 4.94. The van der Waals surface area contributed by atoms with Crippen LogP contribution in [0.15, 0.2) is 12.1 Å². The van der Waals surface area contributed by atoms with Crippen LogP contribution in [0.1, 0.15) is 50.5 Å². The molecule has 0 bridgehead atoms. The van der Waals surface area contributed by atoms with Crippen molar-refractivity contribution in [1.82, 2.24) is 0 Å². The van der Waals surface area contributed by atoms with Crippen LogP contribution >= 0.6 is 0 Å². The van der Waals surface area contributed by atoms with Crippen molar-refractivity contribution in [3.8, 4) is 11.5 Å². The zero-order valence-electron chi connectivity index (χ0n) is 13.0. The highest BCUT2D eigenvalue weighted by molar-refractivity contribution is 5.92. The van der Waals surface area contributed by atoms with Crippen molar-refractivity contribution in [1.29, 1.82) is 0 Å². The lowest BCUT2D eigenvalue weighted by Gasteiger charge is -2.21. The van der Waals surface area contributed by atoms with Crippen LogP contribution in [0.4, 0.5) is 0 Å². The molecule has 1 aliphatic rings. The largest absolute Gasteiger partial charge is 0.456 e. The van der Waals surface area contributed by atoms with Crippen molar-refractivity contribution < 1.29 is 23.8 Å². The summed E-state index contributed by atoms with van der Waals surface area (Å²) >= 11 is 0. The Hall–Kier alpha value is -1.79. The molecule has 2 rings (SSSR count). The summed E-state index contributed by atoms with van der Waals surface area (Å²) in [5, 5.41) is 0. The highest BCUT2D eigenvalue weighted by Crippen LogP contribution is 2.43. The van der Waals surface area contributed by atoms with Crippen molar-refractivity contribution in [2.24, 2.45) is 5.90 Å². The normalized spacial score (nSPS) is 15.9. The van der Waals surface area contributed by atoms with E-state index in [1.165, 1.54) is 0 Å². The maximum absolute atomic E-state index is 12.3. The first kappa shape index (κ1) is 15.6. The van der Waals surface area contributed by atoms with Gasteiger partial charge >= 0.3 is 5.97 Å². The predicted molar refractivity (Wildman–Crippen MR) is 75.9 cm³/mol. The zero-order valence-corrected chi connectivity index (χ0v) is 13.0. The number of carbonyl (C=O) groups is 1. The Balaban J connectivity index is 2.42. The molecule has 0 atom stereocenters. The van der Waals surface area contributed by atoms with Crippen molar-refractivity contribution in [3.63, 3.8) is 0 Å². The predicted octanol–water partition coefficient (Wildman–Crippen LogP) is 2.54. The third kappa shape index (κ3) is 3.46. The summed E-state index contributed by atoms with van der Waals surface area (Å²) < 4.78 is 16.8. The van der Waals surface area contributed by atoms with Crippen LogP contribution in [-0.4, -0.2) is 17.4 Å². The number of nitrogens with two attached hydrogens (primary N) is 1. The van der Waals surface area contributed by atoms with Gasteiger partial charge in [-0.3, -0.25) is 4.84 Å². The number of hydrogen-bond donors (Lipinski definition) is 1. The van der Waals surface area contributed by atoms with Gasteiger partial charge in [0.05, 0.1) is 12.2 Å². The molecule has 0 aliphatic carbocycles. The summed E-state index contributed by atoms with van der Waals surface area (Å²) in [4.78, 5) is 17.0. The van der Waals surface area contributed by atoms with E-state index >= 15 is 0 Å². The highest BCUT2D eigenvalue weighted by atomic mass is 16.7. The molecule has 6 nitrogen and oxygen atoms in total. The molecular weight excluding hydrogens is 274 g/mol. The SMILES string of the molecule is CC(C)(C)OC(=O)c1ccc2c(c1CON)OC(C)(C)O2. The van der Waals surface area contributed by atoms with Crippen molar-refractivity contribution >= 4 is 5.97 Å². The molecule has 1 aliphatic heterocycles. The first-order valence-electron chi connectivity index (χ1n) is 6.72. The quantitative estimate of drug-likeness (QED) is 0.682. The first-order chi connectivity index (χ1) is 9.63. The van der Waals surface area contributed by atoms with E-state index in [4.69, 9.17) is 24.9 Å². The second-order valence-corrected chi connectivity index (χ2v) is 6.34. The molecule has 0 radical (unpaired) electrons. The molecule has 0 amide bonds. The van der Waals surface area contributed by atoms with Gasteiger partial charge in [-0.05, 0) is 32.9 Å². The summed E-state index contributed by atoms with van der Waals surface area (Å²) in [7, 11) is 0. The maximum atomic E-state index is 12.3. The second kappa shape index (κ2) is 5.20. The molecule has 116 valence electrons. The van der Waals surface area contributed by atoms with Gasteiger partial charge in [0.1, 0.15) is 5.60 Å². The van der Waals surface area contributed by atoms with Gasteiger partial charge in [0.2, 0.25) is 5.79 Å². The number of carbonyl (C=O) groups excluding carboxylic acids is 1. The Kier molecular flexibility index (Phi) is 3.86. The third-order valence-corrected chi connectivity index (χ3v) is 2.77. The Morgan fingerprint density at radius 2 is 1.95 bits per heavy atom. The Bertz CT molecular complexity index is 560. The van der Waals surface area contributed by atoms with Crippen LogP contribution in [-0.2, 0) is 16.2 Å². The molecule has 0 aromatic heterocycles. The van der Waals surface area contributed by atoms with Gasteiger partial charge < -0.3 is 14.2 Å². The van der Waals surface area contributed by atoms with Crippen LogP contribution in [0.25, 0.3) is 0 Å². The molecule has 1 aromatic rings. The van der Waals surface area contributed by atoms with Gasteiger partial charge in [0.15, 0.2) is 11.5 Å². The fourth-order valence-electron chi connectivity index (χ4n) is 2.08. The molecule has 2 N–H and O–H groups in total. The topological polar surface area (TPSA) is 80.0 Å². The van der Waals surface area contributed by atoms with Gasteiger partial charge in [-0.25, -0.2) is 10.7 Å². The molecule has 0 spiro atoms. The van der Waals surface area contributed by atoms with Gasteiger partial charge in [0.25, 0.3) is 0 Å². The van der Waals surface area contributed by atoms with Crippen LogP contribution in [0.5, 0.6) is 11.5 Å². The Morgan fingerprint density at radius 3 is 2.52 bits per heavy atom. The van der Waals surface area contributed by atoms with Crippen molar-refractivity contribution in [2.75, 3.05) is 0 Å². The average molecular weight is 295 g/mol. The van der Waals surface area contributed by atoms with E-state index < -0.39 is 17.4 Å². The Labute approximate surface area is 124 Å². The first-order valence-corrected chi connectivity index (χ1v) is 6.72. The monoisotopic (exact) mass is 295 g/mol. The molecule has 21 heavy (non-hydrogen) atoms. The van der Waals surface area contributed by atoms with Crippen molar-refractivity contribution in [3.05, 3.63) is 23.3 Å². The molecule has 0 unspecified atom stereocenters. The molecule has 0 saturated heterocycles. The lowest BCUT2D eigenvalue weighted by Crippen LogP contribution is -2.30. The molecule has 1 aromatic carbocycles. The number of rotatable bonds is 3. The maximum Gasteiger partial charge on any atom is 0.339 e.